The summed E-state index contributed by atoms with van der Waals surface area (Å²) in [7, 11) is 0. The number of hydrogen-bond donors (Lipinski definition) is 0. The predicted molar refractivity (Wildman–Crippen MR) is 348 cm³/mol. The molecule has 0 unspecified atom stereocenters. The maximum Gasteiger partial charge on any atom is 0.203 e. The topological polar surface area (TPSA) is 36.9 Å². The summed E-state index contributed by atoms with van der Waals surface area (Å²) in [6.45, 7) is 12.3. The first-order valence-corrected chi connectivity index (χ1v) is 33.2. The molecule has 4 heteroatoms. The Labute approximate surface area is 479 Å². The monoisotopic (exact) mass is 1080 g/mol. The van der Waals surface area contributed by atoms with Crippen LogP contribution < -0.4 is 0 Å². The molecule has 386 valence electrons. The summed E-state index contributed by atoms with van der Waals surface area (Å²) in [5, 5.41) is 74.6. The Morgan fingerprint density at radius 2 is 0.465 bits per heavy atom. The third-order valence-electron chi connectivity index (χ3n) is 31.2. The minimum Gasteiger partial charge on any atom is -0.345 e. The highest BCUT2D eigenvalue weighted by Crippen LogP contribution is 2.95. The molecule has 13 aliphatic rings. The van der Waals surface area contributed by atoms with Gasteiger partial charge in [0.2, 0.25) is 11.6 Å². The van der Waals surface area contributed by atoms with E-state index in [4.69, 9.17) is 18.9 Å². The van der Waals surface area contributed by atoms with Crippen LogP contribution in [-0.4, -0.2) is 38.0 Å². The van der Waals surface area contributed by atoms with Gasteiger partial charge in [-0.15, -0.1) is 0 Å². The lowest BCUT2D eigenvalue weighted by Crippen LogP contribution is -2.68. The number of hydrogen-bond acceptors (Lipinski definition) is 4. The molecule has 0 radical (unpaired) electrons. The van der Waals surface area contributed by atoms with E-state index in [1.807, 2.05) is 0 Å². The minimum absolute atomic E-state index is 0.139. The van der Waals surface area contributed by atoms with Crippen molar-refractivity contribution in [2.45, 2.75) is 99.5 Å². The second kappa shape index (κ2) is 8.42. The molecular formula is C82H34O4. The van der Waals surface area contributed by atoms with Gasteiger partial charge in [0.1, 0.15) is 0 Å². The Morgan fingerprint density at radius 1 is 0.244 bits per heavy atom. The normalized spacial score (nSPS) is 30.8. The Hall–Kier alpha value is -7.96. The van der Waals surface area contributed by atoms with Crippen LogP contribution in [0.15, 0.2) is 23.3 Å². The maximum atomic E-state index is 8.38. The fourth-order valence-corrected chi connectivity index (χ4v) is 30.7. The van der Waals surface area contributed by atoms with E-state index in [0.29, 0.717) is 26.4 Å². The molecule has 0 aromatic heterocycles. The van der Waals surface area contributed by atoms with E-state index in [1.165, 1.54) is 25.7 Å². The fraction of sp³-hybridized carbons (Fsp3) is 0.268. The van der Waals surface area contributed by atoms with Crippen LogP contribution in [0.4, 0.5) is 0 Å². The quantitative estimate of drug-likeness (QED) is 0.112. The van der Waals surface area contributed by atoms with Crippen molar-refractivity contribution in [2.75, 3.05) is 26.4 Å². The molecule has 0 N–H and O–H groups in total. The Balaban J connectivity index is 1.03. The van der Waals surface area contributed by atoms with Gasteiger partial charge in [-0.1, -0.05) is 51.7 Å². The van der Waals surface area contributed by atoms with E-state index in [-0.39, 0.29) is 10.8 Å². The van der Waals surface area contributed by atoms with E-state index in [2.05, 4.69) is 39.8 Å². The molecule has 6 spiro atoms. The van der Waals surface area contributed by atoms with E-state index < -0.39 is 33.2 Å². The third kappa shape index (κ3) is 2.07. The first-order valence-electron chi connectivity index (χ1n) is 33.2. The molecule has 4 atom stereocenters. The summed E-state index contributed by atoms with van der Waals surface area (Å²) in [5.41, 5.74) is 16.8. The van der Waals surface area contributed by atoms with Crippen LogP contribution in [0.5, 0.6) is 0 Å². The molecule has 86 heavy (non-hydrogen) atoms. The Bertz CT molecular complexity index is 7500. The van der Waals surface area contributed by atoms with Crippen LogP contribution in [0.3, 0.4) is 0 Å². The fourth-order valence-electron chi connectivity index (χ4n) is 30.7. The van der Waals surface area contributed by atoms with Gasteiger partial charge in [0, 0.05) is 10.8 Å². The molecule has 24 aromatic rings. The minimum atomic E-state index is -1.05. The average molecular weight is 1080 g/mol. The lowest BCUT2D eigenvalue weighted by Gasteiger charge is -2.64. The highest BCUT2D eigenvalue weighted by atomic mass is 16.7. The maximum absolute atomic E-state index is 8.38. The summed E-state index contributed by atoms with van der Waals surface area (Å²) in [5.74, 6) is -2.09. The lowest BCUT2D eigenvalue weighted by molar-refractivity contribution is -0.297. The number of rotatable bonds is 0. The highest BCUT2D eigenvalue weighted by molar-refractivity contribution is 6.79. The van der Waals surface area contributed by atoms with Crippen molar-refractivity contribution in [2.24, 2.45) is 10.8 Å². The van der Waals surface area contributed by atoms with Crippen LogP contribution >= 0.6 is 0 Å². The zero-order chi connectivity index (χ0) is 52.8. The summed E-state index contributed by atoms with van der Waals surface area (Å²) in [6.07, 6.45) is 12.5. The molecule has 2 heterocycles. The van der Waals surface area contributed by atoms with Crippen molar-refractivity contribution in [1.82, 2.24) is 0 Å². The molecule has 37 rings (SSSR count). The first-order chi connectivity index (χ1) is 42.2. The molecule has 2 fully saturated rings. The SMILES string of the molecule is CC1(C)COC2(C=C3CCCCCCC4=CC5(OCC(C)(C)CO5)[C@@]56c7c8c9c%10c%11c%12c%13c%14c%15c%16c%17c%18c(c%19c%20c5c5c7c7c9c9c%11c%11c%12c%12c%14c%14c%21c%15c%18c%15c%19c%18c%20c%19c5c5c7c9c7c%11c9c%12c%14c%11c(c%15%21)c%18c%12c%19c5c7c9c%12%11)[C@@]46C%17=C8[C@@]3%10[C@]%16%132)OC1. The van der Waals surface area contributed by atoms with Crippen molar-refractivity contribution < 1.29 is 18.9 Å². The standard InChI is InChI=1S/C82H34O4/c1-75(2)13-83-77(84-14-75)11-17-9-7-5-6-8-10-18-12-78(85-15-76(3,4)16-86-78)82-70-58-50-40-30-24-19-20-22-25-29-23(20)31-27-21(19)26(30)33-37-35(27)47-43(31)49-39(29)45-41-34(25)38-36-28(22)32(24)44(50)48(36)60(70)62-52(38)54(41)64-66(72(62)82)73-74-65-63-53(42(33)46(40)56(58)68(63)80(18,74)82)51(37)61-59(47)69-57(49)55(45)67(64)79(17,73)81(69,77)71(61)65/h11-12H,5-10,13-16H2,1-4H3/t79-,80-,81+,82+/m1/s1. The summed E-state index contributed by atoms with van der Waals surface area (Å²) in [6, 6.07) is 0. The van der Waals surface area contributed by atoms with Gasteiger partial charge in [-0.2, -0.15) is 0 Å². The molecule has 0 amide bonds. The molecular weight excluding hydrogens is 1050 g/mol. The van der Waals surface area contributed by atoms with Gasteiger partial charge >= 0.3 is 0 Å². The molecule has 4 nitrogen and oxygen atoms in total. The van der Waals surface area contributed by atoms with E-state index >= 15 is 0 Å². The van der Waals surface area contributed by atoms with Gasteiger partial charge in [0.25, 0.3) is 0 Å². The smallest absolute Gasteiger partial charge is 0.203 e. The van der Waals surface area contributed by atoms with Crippen LogP contribution in [0.25, 0.3) is 259 Å². The molecule has 2 saturated heterocycles. The predicted octanol–water partition coefficient (Wildman–Crippen LogP) is 19.6. The zero-order valence-electron chi connectivity index (χ0n) is 46.9. The van der Waals surface area contributed by atoms with Gasteiger partial charge in [0.05, 0.1) is 48.1 Å². The second-order valence-corrected chi connectivity index (χ2v) is 34.1. The van der Waals surface area contributed by atoms with Crippen molar-refractivity contribution in [3.63, 3.8) is 0 Å². The second-order valence-electron chi connectivity index (χ2n) is 34.1. The van der Waals surface area contributed by atoms with Gasteiger partial charge in [-0.3, -0.25) is 0 Å². The first kappa shape index (κ1) is 36.2. The number of ether oxygens (including phenoxy) is 4. The van der Waals surface area contributed by atoms with E-state index in [9.17, 15) is 0 Å². The van der Waals surface area contributed by atoms with Crippen molar-refractivity contribution in [3.05, 3.63) is 67.8 Å². The van der Waals surface area contributed by atoms with Gasteiger partial charge in [-0.25, -0.2) is 0 Å². The Morgan fingerprint density at radius 3 is 0.733 bits per heavy atom. The van der Waals surface area contributed by atoms with Crippen LogP contribution in [0.2, 0.25) is 0 Å². The molecule has 11 aliphatic carbocycles. The average Bonchev–Trinajstić information content (AvgIpc) is 1.37. The molecule has 24 aromatic carbocycles. The van der Waals surface area contributed by atoms with Crippen molar-refractivity contribution >= 4 is 259 Å². The summed E-state index contributed by atoms with van der Waals surface area (Å²) < 4.78 is 33.5. The lowest BCUT2D eigenvalue weighted by atomic mass is 9.40. The van der Waals surface area contributed by atoms with Crippen molar-refractivity contribution in [1.29, 1.82) is 0 Å². The Kier molecular flexibility index (Phi) is 3.55. The van der Waals surface area contributed by atoms with Crippen LogP contribution in [0.1, 0.15) is 111 Å². The summed E-state index contributed by atoms with van der Waals surface area (Å²) >= 11 is 0. The summed E-state index contributed by atoms with van der Waals surface area (Å²) in [4.78, 5) is 0. The molecule has 4 bridgehead atoms. The zero-order valence-corrected chi connectivity index (χ0v) is 46.9. The van der Waals surface area contributed by atoms with Crippen molar-refractivity contribution in [3.8, 4) is 0 Å². The van der Waals surface area contributed by atoms with Gasteiger partial charge < -0.3 is 18.9 Å². The van der Waals surface area contributed by atoms with Crippen LogP contribution in [-0.2, 0) is 40.6 Å². The van der Waals surface area contributed by atoms with Crippen LogP contribution in [0, 0.1) is 10.8 Å². The highest BCUT2D eigenvalue weighted by Gasteiger charge is 2.89. The molecule has 2 aliphatic heterocycles. The van der Waals surface area contributed by atoms with E-state index in [1.54, 1.807) is 315 Å². The largest absolute Gasteiger partial charge is 0.345 e. The van der Waals surface area contributed by atoms with Gasteiger partial charge in [0.15, 0.2) is 0 Å². The number of benzene rings is 16. The third-order valence-corrected chi connectivity index (χ3v) is 31.2. The van der Waals surface area contributed by atoms with Gasteiger partial charge in [-0.05, 0) is 341 Å². The number of allylic oxidation sites excluding steroid dienone is 4. The molecule has 0 saturated carbocycles. The van der Waals surface area contributed by atoms with E-state index in [0.717, 1.165) is 12.8 Å².